The molecule has 8 heteroatoms. The first kappa shape index (κ1) is 23.1. The van der Waals surface area contributed by atoms with Gasteiger partial charge in [-0.25, -0.2) is 0 Å². The SMILES string of the molecule is COc1cc(C2C(C(=O)C=Cc3ccccc3)=C(O)C(=O)N2CCOCCO)ccc1O. The van der Waals surface area contributed by atoms with Gasteiger partial charge in [0.1, 0.15) is 0 Å². The molecule has 1 unspecified atom stereocenters. The number of methoxy groups -OCH3 is 1. The molecular weight excluding hydrogens is 414 g/mol. The van der Waals surface area contributed by atoms with Crippen molar-refractivity contribution in [2.45, 2.75) is 6.04 Å². The molecule has 0 bridgehead atoms. The molecule has 2 aromatic carbocycles. The van der Waals surface area contributed by atoms with Gasteiger partial charge < -0.3 is 29.7 Å². The Labute approximate surface area is 185 Å². The van der Waals surface area contributed by atoms with Gasteiger partial charge in [-0.2, -0.15) is 0 Å². The summed E-state index contributed by atoms with van der Waals surface area (Å²) in [5, 5.41) is 29.4. The molecule has 0 spiro atoms. The number of nitrogens with zero attached hydrogens (tertiary/aromatic N) is 1. The molecule has 3 rings (SSSR count). The number of phenols is 1. The Bertz CT molecular complexity index is 1030. The van der Waals surface area contributed by atoms with Crippen molar-refractivity contribution in [3.05, 3.63) is 77.1 Å². The lowest BCUT2D eigenvalue weighted by atomic mass is 9.95. The van der Waals surface area contributed by atoms with E-state index in [-0.39, 0.29) is 43.4 Å². The van der Waals surface area contributed by atoms with E-state index in [1.807, 2.05) is 30.3 Å². The van der Waals surface area contributed by atoms with Crippen molar-refractivity contribution in [3.8, 4) is 11.5 Å². The maximum Gasteiger partial charge on any atom is 0.290 e. The summed E-state index contributed by atoms with van der Waals surface area (Å²) in [6.45, 7) is 0.122. The van der Waals surface area contributed by atoms with Crippen molar-refractivity contribution in [2.75, 3.05) is 33.5 Å². The predicted octanol–water partition coefficient (Wildman–Crippen LogP) is 2.39. The maximum atomic E-state index is 13.1. The van der Waals surface area contributed by atoms with Gasteiger partial charge in [0.15, 0.2) is 23.0 Å². The number of aliphatic hydroxyl groups excluding tert-OH is 2. The number of allylic oxidation sites excluding steroid dienone is 1. The van der Waals surface area contributed by atoms with Crippen LogP contribution in [0, 0.1) is 0 Å². The Kier molecular flexibility index (Phi) is 7.64. The average Bonchev–Trinajstić information content (AvgIpc) is 3.06. The summed E-state index contributed by atoms with van der Waals surface area (Å²) in [5.74, 6) is -1.78. The van der Waals surface area contributed by atoms with Crippen molar-refractivity contribution in [1.82, 2.24) is 4.90 Å². The third kappa shape index (κ3) is 4.99. The molecule has 1 atom stereocenters. The summed E-state index contributed by atoms with van der Waals surface area (Å²) in [6, 6.07) is 12.7. The van der Waals surface area contributed by atoms with Crippen molar-refractivity contribution in [1.29, 1.82) is 0 Å². The minimum atomic E-state index is -0.900. The van der Waals surface area contributed by atoms with Gasteiger partial charge >= 0.3 is 0 Å². The summed E-state index contributed by atoms with van der Waals surface area (Å²) < 4.78 is 10.4. The number of carbonyl (C=O) groups is 2. The van der Waals surface area contributed by atoms with Crippen molar-refractivity contribution >= 4 is 17.8 Å². The minimum absolute atomic E-state index is 0.0721. The van der Waals surface area contributed by atoms with E-state index in [1.54, 1.807) is 12.1 Å². The van der Waals surface area contributed by atoms with Crippen molar-refractivity contribution < 1.29 is 34.4 Å². The first-order chi connectivity index (χ1) is 15.5. The number of benzene rings is 2. The summed E-state index contributed by atoms with van der Waals surface area (Å²) in [5.41, 5.74) is 1.20. The Balaban J connectivity index is 1.97. The van der Waals surface area contributed by atoms with E-state index in [9.17, 15) is 19.8 Å². The summed E-state index contributed by atoms with van der Waals surface area (Å²) in [7, 11) is 1.39. The Morgan fingerprint density at radius 3 is 2.56 bits per heavy atom. The van der Waals surface area contributed by atoms with Crippen LogP contribution in [0.4, 0.5) is 0 Å². The van der Waals surface area contributed by atoms with Crippen LogP contribution in [0.5, 0.6) is 11.5 Å². The zero-order chi connectivity index (χ0) is 23.1. The topological polar surface area (TPSA) is 117 Å². The first-order valence-electron chi connectivity index (χ1n) is 10.0. The molecule has 168 valence electrons. The zero-order valence-corrected chi connectivity index (χ0v) is 17.6. The fraction of sp³-hybridized carbons (Fsp3) is 0.250. The first-order valence-corrected chi connectivity index (χ1v) is 10.0. The number of carbonyl (C=O) groups excluding carboxylic acids is 2. The molecule has 0 saturated carbocycles. The third-order valence-electron chi connectivity index (χ3n) is 5.03. The number of rotatable bonds is 10. The van der Waals surface area contributed by atoms with Crippen LogP contribution >= 0.6 is 0 Å². The van der Waals surface area contributed by atoms with Crippen molar-refractivity contribution in [2.24, 2.45) is 0 Å². The summed E-state index contributed by atoms with van der Waals surface area (Å²) in [6.07, 6.45) is 2.92. The molecule has 1 amide bonds. The lowest BCUT2D eigenvalue weighted by Gasteiger charge is -2.27. The number of ether oxygens (including phenoxy) is 2. The van der Waals surface area contributed by atoms with Crippen LogP contribution in [0.1, 0.15) is 17.2 Å². The van der Waals surface area contributed by atoms with Gasteiger partial charge in [0.2, 0.25) is 0 Å². The molecule has 3 N–H and O–H groups in total. The van der Waals surface area contributed by atoms with Crippen LogP contribution < -0.4 is 4.74 Å². The fourth-order valence-corrected chi connectivity index (χ4v) is 3.50. The second-order valence-electron chi connectivity index (χ2n) is 7.04. The Morgan fingerprint density at radius 2 is 1.88 bits per heavy atom. The maximum absolute atomic E-state index is 13.1. The minimum Gasteiger partial charge on any atom is -0.504 e. The fourth-order valence-electron chi connectivity index (χ4n) is 3.50. The van der Waals surface area contributed by atoms with Crippen LogP contribution in [0.3, 0.4) is 0 Å². The second kappa shape index (κ2) is 10.6. The number of hydrogen-bond donors (Lipinski definition) is 3. The van der Waals surface area contributed by atoms with E-state index in [4.69, 9.17) is 14.6 Å². The highest BCUT2D eigenvalue weighted by molar-refractivity contribution is 6.14. The number of amides is 1. The van der Waals surface area contributed by atoms with Gasteiger partial charge in [-0.1, -0.05) is 42.5 Å². The standard InChI is InChI=1S/C24H25NO7/c1-31-20-15-17(8-10-18(20)27)22-21(19(28)9-7-16-5-3-2-4-6-16)23(29)24(30)25(22)11-13-32-14-12-26/h2-10,15,22,26-27,29H,11-14H2,1H3. The molecule has 0 aliphatic carbocycles. The molecule has 8 nitrogen and oxygen atoms in total. The number of hydrogen-bond acceptors (Lipinski definition) is 7. The van der Waals surface area contributed by atoms with Gasteiger partial charge in [0.05, 0.1) is 38.5 Å². The Morgan fingerprint density at radius 1 is 1.12 bits per heavy atom. The molecule has 32 heavy (non-hydrogen) atoms. The monoisotopic (exact) mass is 439 g/mol. The highest BCUT2D eigenvalue weighted by Gasteiger charge is 2.42. The van der Waals surface area contributed by atoms with Crippen LogP contribution in [0.2, 0.25) is 0 Å². The summed E-state index contributed by atoms with van der Waals surface area (Å²) >= 11 is 0. The predicted molar refractivity (Wildman–Crippen MR) is 117 cm³/mol. The quantitative estimate of drug-likeness (QED) is 0.384. The van der Waals surface area contributed by atoms with Crippen molar-refractivity contribution in [3.63, 3.8) is 0 Å². The molecule has 0 fully saturated rings. The molecule has 1 heterocycles. The number of phenolic OH excluding ortho intramolecular Hbond substituents is 1. The Hall–Kier alpha value is -3.62. The zero-order valence-electron chi connectivity index (χ0n) is 17.6. The average molecular weight is 439 g/mol. The molecule has 0 saturated heterocycles. The molecule has 0 aromatic heterocycles. The van der Waals surface area contributed by atoms with E-state index in [0.717, 1.165) is 5.56 Å². The third-order valence-corrected chi connectivity index (χ3v) is 5.03. The van der Waals surface area contributed by atoms with E-state index in [0.29, 0.717) is 5.56 Å². The molecule has 1 aliphatic rings. The van der Waals surface area contributed by atoms with Crippen LogP contribution in [-0.4, -0.2) is 65.4 Å². The number of aliphatic hydroxyl groups is 2. The second-order valence-corrected chi connectivity index (χ2v) is 7.04. The lowest BCUT2D eigenvalue weighted by Crippen LogP contribution is -2.34. The van der Waals surface area contributed by atoms with E-state index >= 15 is 0 Å². The van der Waals surface area contributed by atoms with Gasteiger partial charge in [0.25, 0.3) is 5.91 Å². The number of aromatic hydroxyl groups is 1. The molecular formula is C24H25NO7. The van der Waals surface area contributed by atoms with Gasteiger partial charge in [-0.05, 0) is 29.3 Å². The molecule has 0 radical (unpaired) electrons. The summed E-state index contributed by atoms with van der Waals surface area (Å²) in [4.78, 5) is 27.2. The number of ketones is 1. The highest BCUT2D eigenvalue weighted by atomic mass is 16.5. The lowest BCUT2D eigenvalue weighted by molar-refractivity contribution is -0.130. The smallest absolute Gasteiger partial charge is 0.290 e. The largest absolute Gasteiger partial charge is 0.504 e. The van der Waals surface area contributed by atoms with E-state index in [2.05, 4.69) is 0 Å². The van der Waals surface area contributed by atoms with Crippen LogP contribution in [0.25, 0.3) is 6.08 Å². The molecule has 1 aliphatic heterocycles. The molecule has 2 aromatic rings. The van der Waals surface area contributed by atoms with Gasteiger partial charge in [-0.15, -0.1) is 0 Å². The normalized spacial score (nSPS) is 16.2. The van der Waals surface area contributed by atoms with E-state index in [1.165, 1.54) is 30.2 Å². The van der Waals surface area contributed by atoms with E-state index < -0.39 is 23.5 Å². The van der Waals surface area contributed by atoms with Crippen LogP contribution in [0.15, 0.2) is 65.9 Å². The van der Waals surface area contributed by atoms with Gasteiger partial charge in [0, 0.05) is 6.54 Å². The van der Waals surface area contributed by atoms with Crippen LogP contribution in [-0.2, 0) is 14.3 Å². The highest BCUT2D eigenvalue weighted by Crippen LogP contribution is 2.40. The van der Waals surface area contributed by atoms with Gasteiger partial charge in [-0.3, -0.25) is 9.59 Å².